The number of halogens is 1. The lowest BCUT2D eigenvalue weighted by molar-refractivity contribution is -0.131. The molecule has 1 aromatic heterocycles. The number of nitrogens with one attached hydrogen (secondary N) is 2. The molecule has 0 saturated carbocycles. The molecule has 0 saturated heterocycles. The number of carbonyl (C=O) groups excluding carboxylic acids is 2. The van der Waals surface area contributed by atoms with E-state index in [0.29, 0.717) is 44.1 Å². The first-order valence-corrected chi connectivity index (χ1v) is 11.0. The Kier molecular flexibility index (Phi) is 7.77. The minimum absolute atomic E-state index is 0.0777. The van der Waals surface area contributed by atoms with E-state index < -0.39 is 0 Å². The third-order valence-corrected chi connectivity index (χ3v) is 6.04. The summed E-state index contributed by atoms with van der Waals surface area (Å²) in [6, 6.07) is 7.31. The number of hydrogen-bond donors (Lipinski definition) is 2. The van der Waals surface area contributed by atoms with E-state index >= 15 is 0 Å². The molecule has 6 nitrogen and oxygen atoms in total. The molecule has 3 amide bonds. The number of urea groups is 1. The number of amides is 3. The second-order valence-corrected chi connectivity index (χ2v) is 8.42. The molecule has 29 heavy (non-hydrogen) atoms. The van der Waals surface area contributed by atoms with Gasteiger partial charge in [0, 0.05) is 42.5 Å². The van der Waals surface area contributed by atoms with Crippen LogP contribution in [0.2, 0.25) is 5.02 Å². The predicted octanol–water partition coefficient (Wildman–Crippen LogP) is 3.75. The lowest BCUT2D eigenvalue weighted by Crippen LogP contribution is -2.40. The molecule has 156 valence electrons. The summed E-state index contributed by atoms with van der Waals surface area (Å²) < 4.78 is 5.69. The summed E-state index contributed by atoms with van der Waals surface area (Å²) in [6.45, 7) is 4.71. The smallest absolute Gasteiger partial charge is 0.314 e. The number of ether oxygens (including phenoxy) is 1. The van der Waals surface area contributed by atoms with Crippen LogP contribution in [0.4, 0.5) is 4.79 Å². The highest BCUT2D eigenvalue weighted by atomic mass is 35.5. The van der Waals surface area contributed by atoms with Crippen LogP contribution in [0.25, 0.3) is 0 Å². The number of fused-ring (bicyclic) bond motifs is 1. The molecule has 1 aliphatic heterocycles. The van der Waals surface area contributed by atoms with Gasteiger partial charge in [0.1, 0.15) is 5.75 Å². The van der Waals surface area contributed by atoms with Crippen molar-refractivity contribution in [2.45, 2.75) is 32.7 Å². The molecule has 0 aliphatic carbocycles. The van der Waals surface area contributed by atoms with Gasteiger partial charge in [0.05, 0.1) is 6.61 Å². The van der Waals surface area contributed by atoms with Crippen molar-refractivity contribution < 1.29 is 14.3 Å². The van der Waals surface area contributed by atoms with Gasteiger partial charge in [0.2, 0.25) is 5.91 Å². The van der Waals surface area contributed by atoms with Crippen molar-refractivity contribution in [3.8, 4) is 5.75 Å². The maximum atomic E-state index is 12.3. The van der Waals surface area contributed by atoms with E-state index in [1.54, 1.807) is 17.4 Å². The first-order chi connectivity index (χ1) is 14.0. The second kappa shape index (κ2) is 10.5. The molecule has 1 aliphatic rings. The molecule has 2 N–H and O–H groups in total. The Morgan fingerprint density at radius 3 is 2.90 bits per heavy atom. The van der Waals surface area contributed by atoms with Crippen molar-refractivity contribution in [2.75, 3.05) is 26.2 Å². The zero-order valence-corrected chi connectivity index (χ0v) is 18.1. The molecule has 2 heterocycles. The Hall–Kier alpha value is -2.25. The quantitative estimate of drug-likeness (QED) is 0.620. The van der Waals surface area contributed by atoms with Gasteiger partial charge in [0.25, 0.3) is 0 Å². The lowest BCUT2D eigenvalue weighted by atomic mass is 10.1. The van der Waals surface area contributed by atoms with Gasteiger partial charge in [0.15, 0.2) is 0 Å². The van der Waals surface area contributed by atoms with Gasteiger partial charge in [-0.2, -0.15) is 0 Å². The summed E-state index contributed by atoms with van der Waals surface area (Å²) in [7, 11) is 0. The number of thiophene rings is 1. The van der Waals surface area contributed by atoms with Crippen LogP contribution in [0.1, 0.15) is 28.8 Å². The number of hydrogen-bond acceptors (Lipinski definition) is 4. The molecular weight excluding hydrogens is 410 g/mol. The Balaban J connectivity index is 1.25. The predicted molar refractivity (Wildman–Crippen MR) is 116 cm³/mol. The molecule has 1 aromatic carbocycles. The largest absolute Gasteiger partial charge is 0.493 e. The standard InChI is InChI=1S/C21H26ClN3O3S/c1-15-13-17(22)3-4-18(15)28-11-2-8-23-21(27)24-9-5-20(26)25-10-6-19-16(14-25)7-12-29-19/h3-4,7,12-13H,2,5-6,8-11,14H2,1H3,(H2,23,24,27). The van der Waals surface area contributed by atoms with Gasteiger partial charge in [-0.3, -0.25) is 4.79 Å². The van der Waals surface area contributed by atoms with E-state index in [-0.39, 0.29) is 11.9 Å². The van der Waals surface area contributed by atoms with E-state index in [2.05, 4.69) is 22.1 Å². The summed E-state index contributed by atoms with van der Waals surface area (Å²) in [6.07, 6.45) is 1.92. The average Bonchev–Trinajstić information content (AvgIpc) is 3.17. The maximum Gasteiger partial charge on any atom is 0.314 e. The Labute approximate surface area is 180 Å². The van der Waals surface area contributed by atoms with Gasteiger partial charge in [-0.15, -0.1) is 11.3 Å². The molecule has 8 heteroatoms. The van der Waals surface area contributed by atoms with Gasteiger partial charge in [-0.25, -0.2) is 4.79 Å². The number of benzene rings is 1. The first kappa shape index (κ1) is 21.5. The van der Waals surface area contributed by atoms with E-state index in [1.807, 2.05) is 24.0 Å². The van der Waals surface area contributed by atoms with Gasteiger partial charge in [-0.05, 0) is 60.5 Å². The fourth-order valence-electron chi connectivity index (χ4n) is 3.20. The van der Waals surface area contributed by atoms with Crippen molar-refractivity contribution >= 4 is 34.9 Å². The lowest BCUT2D eigenvalue weighted by Gasteiger charge is -2.27. The van der Waals surface area contributed by atoms with Crippen LogP contribution >= 0.6 is 22.9 Å². The SMILES string of the molecule is Cc1cc(Cl)ccc1OCCCNC(=O)NCCC(=O)N1CCc2sccc2C1. The van der Waals surface area contributed by atoms with Gasteiger partial charge in [-0.1, -0.05) is 11.6 Å². The summed E-state index contributed by atoms with van der Waals surface area (Å²) in [5.74, 6) is 0.874. The molecule has 0 fully saturated rings. The summed E-state index contributed by atoms with van der Waals surface area (Å²) in [5, 5.41) is 8.28. The molecule has 2 aromatic rings. The molecule has 3 rings (SSSR count). The second-order valence-electron chi connectivity index (χ2n) is 6.98. The molecule has 0 atom stereocenters. The Morgan fingerprint density at radius 1 is 1.24 bits per heavy atom. The maximum absolute atomic E-state index is 12.3. The van der Waals surface area contributed by atoms with Crippen molar-refractivity contribution in [1.29, 1.82) is 0 Å². The minimum Gasteiger partial charge on any atom is -0.493 e. The Bertz CT molecular complexity index is 855. The van der Waals surface area contributed by atoms with E-state index in [9.17, 15) is 9.59 Å². The first-order valence-electron chi connectivity index (χ1n) is 9.76. The van der Waals surface area contributed by atoms with Crippen molar-refractivity contribution in [1.82, 2.24) is 15.5 Å². The zero-order chi connectivity index (χ0) is 20.6. The number of aryl methyl sites for hydroxylation is 1. The third kappa shape index (κ3) is 6.37. The molecule has 0 bridgehead atoms. The van der Waals surface area contributed by atoms with Crippen LogP contribution in [0.5, 0.6) is 5.75 Å². The number of rotatable bonds is 8. The van der Waals surface area contributed by atoms with Crippen molar-refractivity contribution in [3.63, 3.8) is 0 Å². The van der Waals surface area contributed by atoms with E-state index in [1.165, 1.54) is 10.4 Å². The minimum atomic E-state index is -0.265. The fourth-order valence-corrected chi connectivity index (χ4v) is 4.31. The molecular formula is C21H26ClN3O3S. The van der Waals surface area contributed by atoms with Crippen LogP contribution in [0.3, 0.4) is 0 Å². The normalized spacial score (nSPS) is 13.0. The Morgan fingerprint density at radius 2 is 2.07 bits per heavy atom. The van der Waals surface area contributed by atoms with Gasteiger partial charge < -0.3 is 20.3 Å². The van der Waals surface area contributed by atoms with E-state index in [0.717, 1.165) is 24.3 Å². The van der Waals surface area contributed by atoms with E-state index in [4.69, 9.17) is 16.3 Å². The highest BCUT2D eigenvalue weighted by molar-refractivity contribution is 7.10. The van der Waals surface area contributed by atoms with Crippen LogP contribution in [0, 0.1) is 6.92 Å². The average molecular weight is 436 g/mol. The zero-order valence-electron chi connectivity index (χ0n) is 16.5. The highest BCUT2D eigenvalue weighted by Crippen LogP contribution is 2.24. The van der Waals surface area contributed by atoms with Crippen LogP contribution < -0.4 is 15.4 Å². The van der Waals surface area contributed by atoms with Crippen LogP contribution in [-0.4, -0.2) is 43.1 Å². The third-order valence-electron chi connectivity index (χ3n) is 4.79. The molecule has 0 spiro atoms. The van der Waals surface area contributed by atoms with Gasteiger partial charge >= 0.3 is 6.03 Å². The van der Waals surface area contributed by atoms with Crippen LogP contribution in [-0.2, 0) is 17.8 Å². The summed E-state index contributed by atoms with van der Waals surface area (Å²) >= 11 is 7.68. The molecule has 0 radical (unpaired) electrons. The number of carbonyl (C=O) groups is 2. The fraction of sp³-hybridized carbons (Fsp3) is 0.429. The summed E-state index contributed by atoms with van der Waals surface area (Å²) in [5.41, 5.74) is 2.23. The topological polar surface area (TPSA) is 70.7 Å². The molecule has 0 unspecified atom stereocenters. The number of nitrogens with zero attached hydrogens (tertiary/aromatic N) is 1. The highest BCUT2D eigenvalue weighted by Gasteiger charge is 2.21. The van der Waals surface area contributed by atoms with Crippen LogP contribution in [0.15, 0.2) is 29.6 Å². The monoisotopic (exact) mass is 435 g/mol. The summed E-state index contributed by atoms with van der Waals surface area (Å²) in [4.78, 5) is 27.4. The van der Waals surface area contributed by atoms with Crippen molar-refractivity contribution in [3.05, 3.63) is 50.7 Å². The van der Waals surface area contributed by atoms with Crippen molar-refractivity contribution in [2.24, 2.45) is 0 Å².